The van der Waals surface area contributed by atoms with Gasteiger partial charge in [-0.15, -0.1) is 16.2 Å². The number of benzene rings is 1. The van der Waals surface area contributed by atoms with E-state index < -0.39 is 20.9 Å². The van der Waals surface area contributed by atoms with Crippen molar-refractivity contribution in [1.82, 2.24) is 10.3 Å². The molecule has 0 atom stereocenters. The van der Waals surface area contributed by atoms with E-state index in [1.807, 2.05) is 18.7 Å². The van der Waals surface area contributed by atoms with E-state index in [0.29, 0.717) is 4.88 Å². The van der Waals surface area contributed by atoms with Crippen molar-refractivity contribution < 1.29 is 18.1 Å². The van der Waals surface area contributed by atoms with Gasteiger partial charge >= 0.3 is 0 Å². The number of nitro benzene ring substituents is 1. The number of carbonyl (C=O) groups excluding carboxylic acids is 1. The smallest absolute Gasteiger partial charge is 0.273 e. The lowest BCUT2D eigenvalue weighted by Crippen LogP contribution is -2.41. The number of amides is 1. The maximum absolute atomic E-state index is 12.1. The molecule has 0 unspecified atom stereocenters. The minimum absolute atomic E-state index is 0.190. The fourth-order valence-corrected chi connectivity index (χ4v) is 3.81. The van der Waals surface area contributed by atoms with Crippen LogP contribution in [0.5, 0.6) is 0 Å². The second-order valence-corrected chi connectivity index (χ2v) is 7.70. The van der Waals surface area contributed by atoms with Gasteiger partial charge in [-0.25, -0.2) is 8.42 Å². The Balaban J connectivity index is 2.08. The third-order valence-electron chi connectivity index (χ3n) is 3.22. The molecule has 128 valence electrons. The molecule has 0 spiro atoms. The van der Waals surface area contributed by atoms with Crippen molar-refractivity contribution in [2.24, 2.45) is 0 Å². The van der Waals surface area contributed by atoms with Crippen LogP contribution in [0, 0.1) is 17.0 Å². The zero-order valence-electron chi connectivity index (χ0n) is 12.9. The van der Waals surface area contributed by atoms with E-state index in [4.69, 9.17) is 0 Å². The topological polar surface area (TPSA) is 118 Å². The Morgan fingerprint density at radius 3 is 2.42 bits per heavy atom. The van der Waals surface area contributed by atoms with E-state index in [1.54, 1.807) is 6.07 Å². The van der Waals surface area contributed by atoms with Crippen molar-refractivity contribution >= 4 is 33.0 Å². The van der Waals surface area contributed by atoms with E-state index in [2.05, 4.69) is 5.43 Å². The number of sulfonamides is 1. The summed E-state index contributed by atoms with van der Waals surface area (Å²) in [6.07, 6.45) is 0.790. The second-order valence-electron chi connectivity index (χ2n) is 4.88. The first kappa shape index (κ1) is 18.0. The van der Waals surface area contributed by atoms with Crippen LogP contribution in [0.15, 0.2) is 35.2 Å². The molecule has 24 heavy (non-hydrogen) atoms. The van der Waals surface area contributed by atoms with Gasteiger partial charge in [0, 0.05) is 17.0 Å². The number of hydrazine groups is 1. The molecule has 0 radical (unpaired) electrons. The molecule has 2 N–H and O–H groups in total. The Bertz CT molecular complexity index is 872. The monoisotopic (exact) mass is 369 g/mol. The number of hydrogen-bond acceptors (Lipinski definition) is 6. The highest BCUT2D eigenvalue weighted by Gasteiger charge is 2.18. The van der Waals surface area contributed by atoms with Crippen LogP contribution in [-0.2, 0) is 16.4 Å². The summed E-state index contributed by atoms with van der Waals surface area (Å²) in [6.45, 7) is 3.85. The first-order chi connectivity index (χ1) is 11.2. The van der Waals surface area contributed by atoms with Crippen LogP contribution in [0.2, 0.25) is 0 Å². The van der Waals surface area contributed by atoms with Gasteiger partial charge in [-0.2, -0.15) is 0 Å². The predicted molar refractivity (Wildman–Crippen MR) is 89.3 cm³/mol. The van der Waals surface area contributed by atoms with Gasteiger partial charge in [-0.05, 0) is 37.1 Å². The number of thiophene rings is 1. The lowest BCUT2D eigenvalue weighted by atomic mass is 10.2. The Kier molecular flexibility index (Phi) is 5.32. The van der Waals surface area contributed by atoms with Gasteiger partial charge < -0.3 is 0 Å². The van der Waals surface area contributed by atoms with Crippen molar-refractivity contribution in [3.05, 3.63) is 55.8 Å². The van der Waals surface area contributed by atoms with Gasteiger partial charge in [0.15, 0.2) is 0 Å². The molecule has 1 aromatic carbocycles. The SMILES string of the molecule is CCc1sc(C(=O)NNS(=O)(=O)c2ccc([N+](=O)[O-])cc2)cc1C. The Hall–Kier alpha value is -2.30. The average Bonchev–Trinajstić information content (AvgIpc) is 2.93. The molecule has 0 saturated heterocycles. The molecule has 8 nitrogen and oxygen atoms in total. The lowest BCUT2D eigenvalue weighted by molar-refractivity contribution is -0.384. The van der Waals surface area contributed by atoms with E-state index >= 15 is 0 Å². The molecule has 10 heteroatoms. The first-order valence-electron chi connectivity index (χ1n) is 6.90. The van der Waals surface area contributed by atoms with Crippen LogP contribution in [-0.4, -0.2) is 19.2 Å². The molecule has 1 heterocycles. The third-order valence-corrected chi connectivity index (χ3v) is 5.87. The quantitative estimate of drug-likeness (QED) is 0.597. The summed E-state index contributed by atoms with van der Waals surface area (Å²) in [5.41, 5.74) is 2.89. The second kappa shape index (κ2) is 7.07. The summed E-state index contributed by atoms with van der Waals surface area (Å²) in [6, 6.07) is 6.03. The number of non-ortho nitro benzene ring substituents is 1. The predicted octanol–water partition coefficient (Wildman–Crippen LogP) is 2.15. The average molecular weight is 369 g/mol. The van der Waals surface area contributed by atoms with Gasteiger partial charge in [-0.3, -0.25) is 20.3 Å². The van der Waals surface area contributed by atoms with Gasteiger partial charge in [0.2, 0.25) is 0 Å². The molecule has 0 aliphatic heterocycles. The normalized spacial score (nSPS) is 11.2. The van der Waals surface area contributed by atoms with Crippen molar-refractivity contribution in [2.45, 2.75) is 25.2 Å². The number of carbonyl (C=O) groups is 1. The molecule has 0 aliphatic carbocycles. The number of nitrogens with one attached hydrogen (secondary N) is 2. The lowest BCUT2D eigenvalue weighted by Gasteiger charge is -2.07. The van der Waals surface area contributed by atoms with Crippen LogP contribution in [0.25, 0.3) is 0 Å². The van der Waals surface area contributed by atoms with Gasteiger partial charge in [0.05, 0.1) is 14.7 Å². The van der Waals surface area contributed by atoms with Crippen LogP contribution in [0.4, 0.5) is 5.69 Å². The molecule has 2 rings (SSSR count). The molecule has 0 saturated carbocycles. The van der Waals surface area contributed by atoms with Gasteiger partial charge in [0.1, 0.15) is 0 Å². The van der Waals surface area contributed by atoms with E-state index in [1.165, 1.54) is 11.3 Å². The fraction of sp³-hybridized carbons (Fsp3) is 0.214. The molecule has 0 aliphatic rings. The number of nitro groups is 1. The molecule has 0 fully saturated rings. The first-order valence-corrected chi connectivity index (χ1v) is 9.20. The Morgan fingerprint density at radius 2 is 1.92 bits per heavy atom. The van der Waals surface area contributed by atoms with Crippen LogP contribution in [0.3, 0.4) is 0 Å². The van der Waals surface area contributed by atoms with Crippen molar-refractivity contribution in [3.63, 3.8) is 0 Å². The molecule has 1 amide bonds. The fourth-order valence-electron chi connectivity index (χ4n) is 1.96. The highest BCUT2D eigenvalue weighted by atomic mass is 32.2. The number of nitrogens with zero attached hydrogens (tertiary/aromatic N) is 1. The van der Waals surface area contributed by atoms with E-state index in [-0.39, 0.29) is 10.6 Å². The summed E-state index contributed by atoms with van der Waals surface area (Å²) in [7, 11) is -4.01. The number of rotatable bonds is 6. The van der Waals surface area contributed by atoms with Crippen molar-refractivity contribution in [3.8, 4) is 0 Å². The molecule has 1 aromatic heterocycles. The zero-order chi connectivity index (χ0) is 17.9. The standard InChI is InChI=1S/C14H15N3O5S2/c1-3-12-9(2)8-13(23-12)14(18)15-16-24(21,22)11-6-4-10(5-7-11)17(19)20/h4-8,16H,3H2,1-2H3,(H,15,18). The highest BCUT2D eigenvalue weighted by molar-refractivity contribution is 7.89. The Labute approximate surface area is 142 Å². The minimum atomic E-state index is -4.01. The van der Waals surface area contributed by atoms with Crippen LogP contribution >= 0.6 is 11.3 Å². The van der Waals surface area contributed by atoms with Gasteiger partial charge in [-0.1, -0.05) is 6.92 Å². The maximum Gasteiger partial charge on any atom is 0.276 e. The number of hydrogen-bond donors (Lipinski definition) is 2. The molecule has 2 aromatic rings. The number of aryl methyl sites for hydroxylation is 2. The van der Waals surface area contributed by atoms with Crippen LogP contribution < -0.4 is 10.3 Å². The zero-order valence-corrected chi connectivity index (χ0v) is 14.5. The highest BCUT2D eigenvalue weighted by Crippen LogP contribution is 2.22. The summed E-state index contributed by atoms with van der Waals surface area (Å²) in [5.74, 6) is -0.562. The Morgan fingerprint density at radius 1 is 1.29 bits per heavy atom. The summed E-state index contributed by atoms with van der Waals surface area (Å²) in [5, 5.41) is 10.6. The molecular weight excluding hydrogens is 354 g/mol. The van der Waals surface area contributed by atoms with Gasteiger partial charge in [0.25, 0.3) is 21.6 Å². The van der Waals surface area contributed by atoms with E-state index in [9.17, 15) is 23.3 Å². The minimum Gasteiger partial charge on any atom is -0.273 e. The third kappa shape index (κ3) is 3.96. The molecule has 0 bridgehead atoms. The van der Waals surface area contributed by atoms with E-state index in [0.717, 1.165) is 41.1 Å². The summed E-state index contributed by atoms with van der Waals surface area (Å²) >= 11 is 1.30. The largest absolute Gasteiger partial charge is 0.276 e. The van der Waals surface area contributed by atoms with Crippen LogP contribution in [0.1, 0.15) is 27.0 Å². The maximum atomic E-state index is 12.1. The summed E-state index contributed by atoms with van der Waals surface area (Å²) in [4.78, 5) is 25.2. The van der Waals surface area contributed by atoms with Crippen molar-refractivity contribution in [1.29, 1.82) is 0 Å². The summed E-state index contributed by atoms with van der Waals surface area (Å²) < 4.78 is 24.2. The molecular formula is C14H15N3O5S2. The van der Waals surface area contributed by atoms with Crippen molar-refractivity contribution in [2.75, 3.05) is 0 Å².